The van der Waals surface area contributed by atoms with Crippen molar-refractivity contribution in [2.45, 2.75) is 18.3 Å². The molecule has 2 aliphatic rings. The van der Waals surface area contributed by atoms with Gasteiger partial charge in [0.05, 0.1) is 13.2 Å². The number of nitrogens with zero attached hydrogens (tertiary/aromatic N) is 1. The van der Waals surface area contributed by atoms with E-state index >= 15 is 0 Å². The summed E-state index contributed by atoms with van der Waals surface area (Å²) >= 11 is 0. The Balaban J connectivity index is 0.00000196. The number of hydrogen-bond donors (Lipinski definition) is 0. The van der Waals surface area contributed by atoms with E-state index in [0.29, 0.717) is 5.75 Å². The maximum absolute atomic E-state index is 13.0. The average Bonchev–Trinajstić information content (AvgIpc) is 2.96. The van der Waals surface area contributed by atoms with Crippen LogP contribution in [0.5, 0.6) is 5.75 Å². The fraction of sp³-hybridized carbons (Fsp3) is 0.381. The summed E-state index contributed by atoms with van der Waals surface area (Å²) in [6.07, 6.45) is 1.70. The second kappa shape index (κ2) is 8.21. The number of benzene rings is 2. The van der Waals surface area contributed by atoms with Crippen LogP contribution in [0.15, 0.2) is 54.6 Å². The fourth-order valence-corrected chi connectivity index (χ4v) is 3.97. The van der Waals surface area contributed by atoms with E-state index < -0.39 is 5.41 Å². The van der Waals surface area contributed by atoms with Crippen molar-refractivity contribution in [1.29, 1.82) is 0 Å². The van der Waals surface area contributed by atoms with Gasteiger partial charge in [0.2, 0.25) is 0 Å². The SMILES string of the molecule is Cl.O=C1Oc2ccccc2C1(CCCN1CCOCC1)c1ccccc1. The van der Waals surface area contributed by atoms with Gasteiger partial charge in [-0.3, -0.25) is 9.69 Å². The molecule has 2 heterocycles. The summed E-state index contributed by atoms with van der Waals surface area (Å²) < 4.78 is 11.1. The fourth-order valence-electron chi connectivity index (χ4n) is 3.97. The number of ether oxygens (including phenoxy) is 2. The first-order valence-electron chi connectivity index (χ1n) is 8.98. The Morgan fingerprint density at radius 1 is 0.962 bits per heavy atom. The van der Waals surface area contributed by atoms with Gasteiger partial charge >= 0.3 is 5.97 Å². The molecule has 0 aliphatic carbocycles. The van der Waals surface area contributed by atoms with Crippen molar-refractivity contribution < 1.29 is 14.3 Å². The average molecular weight is 374 g/mol. The number of fused-ring (bicyclic) bond motifs is 1. The van der Waals surface area contributed by atoms with Crippen molar-refractivity contribution in [3.8, 4) is 5.75 Å². The number of carbonyl (C=O) groups excluding carboxylic acids is 1. The molecule has 0 bridgehead atoms. The Hall–Kier alpha value is -1.88. The van der Waals surface area contributed by atoms with E-state index in [9.17, 15) is 4.79 Å². The van der Waals surface area contributed by atoms with Gasteiger partial charge in [0.15, 0.2) is 0 Å². The van der Waals surface area contributed by atoms with E-state index in [1.165, 1.54) is 0 Å². The summed E-state index contributed by atoms with van der Waals surface area (Å²) in [6.45, 7) is 4.52. The predicted octanol–water partition coefficient (Wildman–Crippen LogP) is 3.43. The standard InChI is InChI=1S/C21H23NO3.ClH/c23-20-21(17-7-2-1-3-8-17,18-9-4-5-10-19(18)25-20)11-6-12-22-13-15-24-16-14-22;/h1-5,7-10H,6,11-16H2;1H. The molecule has 1 atom stereocenters. The zero-order valence-electron chi connectivity index (χ0n) is 14.7. The van der Waals surface area contributed by atoms with E-state index in [-0.39, 0.29) is 18.4 Å². The van der Waals surface area contributed by atoms with Crippen LogP contribution in [0.1, 0.15) is 24.0 Å². The lowest BCUT2D eigenvalue weighted by molar-refractivity contribution is -0.137. The Morgan fingerprint density at radius 3 is 2.42 bits per heavy atom. The van der Waals surface area contributed by atoms with Crippen molar-refractivity contribution >= 4 is 18.4 Å². The maximum Gasteiger partial charge on any atom is 0.326 e. The minimum Gasteiger partial charge on any atom is -0.425 e. The molecule has 4 rings (SSSR count). The third-order valence-electron chi connectivity index (χ3n) is 5.29. The Kier molecular flexibility index (Phi) is 5.97. The van der Waals surface area contributed by atoms with Gasteiger partial charge in [-0.1, -0.05) is 48.5 Å². The molecule has 0 N–H and O–H groups in total. The molecule has 0 radical (unpaired) electrons. The van der Waals surface area contributed by atoms with Crippen LogP contribution in [0.4, 0.5) is 0 Å². The van der Waals surface area contributed by atoms with Gasteiger partial charge in [0.1, 0.15) is 11.2 Å². The summed E-state index contributed by atoms with van der Waals surface area (Å²) in [5.41, 5.74) is 1.32. The number of carbonyl (C=O) groups is 1. The number of rotatable bonds is 5. The molecular formula is C21H24ClNO3. The topological polar surface area (TPSA) is 38.8 Å². The molecule has 0 amide bonds. The van der Waals surface area contributed by atoms with Crippen molar-refractivity contribution in [2.24, 2.45) is 0 Å². The summed E-state index contributed by atoms with van der Waals surface area (Å²) in [7, 11) is 0. The second-order valence-electron chi connectivity index (χ2n) is 6.71. The first-order chi connectivity index (χ1) is 12.3. The molecule has 0 aromatic heterocycles. The number of morpholine rings is 1. The van der Waals surface area contributed by atoms with Gasteiger partial charge in [0.25, 0.3) is 0 Å². The number of hydrogen-bond acceptors (Lipinski definition) is 4. The van der Waals surface area contributed by atoms with E-state index in [1.54, 1.807) is 0 Å². The molecule has 2 aliphatic heterocycles. The first-order valence-corrected chi connectivity index (χ1v) is 8.98. The molecule has 0 spiro atoms. The molecule has 1 unspecified atom stereocenters. The molecule has 2 aromatic carbocycles. The van der Waals surface area contributed by atoms with E-state index in [0.717, 1.165) is 56.8 Å². The number of halogens is 1. The summed E-state index contributed by atoms with van der Waals surface area (Å²) in [5, 5.41) is 0. The third-order valence-corrected chi connectivity index (χ3v) is 5.29. The summed E-state index contributed by atoms with van der Waals surface area (Å²) in [6, 6.07) is 17.9. The van der Waals surface area contributed by atoms with Crippen molar-refractivity contribution in [1.82, 2.24) is 4.90 Å². The smallest absolute Gasteiger partial charge is 0.326 e. The van der Waals surface area contributed by atoms with Gasteiger partial charge in [-0.15, -0.1) is 12.4 Å². The van der Waals surface area contributed by atoms with Crippen molar-refractivity contribution in [3.63, 3.8) is 0 Å². The molecule has 138 valence electrons. The van der Waals surface area contributed by atoms with E-state index in [1.807, 2.05) is 54.6 Å². The van der Waals surface area contributed by atoms with Crippen LogP contribution in [0, 0.1) is 0 Å². The van der Waals surface area contributed by atoms with Crippen LogP contribution < -0.4 is 4.74 Å². The predicted molar refractivity (Wildman–Crippen MR) is 103 cm³/mol. The van der Waals surface area contributed by atoms with Gasteiger partial charge in [-0.2, -0.15) is 0 Å². The minimum atomic E-state index is -0.690. The van der Waals surface area contributed by atoms with E-state index in [4.69, 9.17) is 9.47 Å². The third kappa shape index (κ3) is 3.37. The second-order valence-corrected chi connectivity index (χ2v) is 6.71. The number of para-hydroxylation sites is 1. The molecule has 4 nitrogen and oxygen atoms in total. The number of esters is 1. The van der Waals surface area contributed by atoms with Crippen LogP contribution in [0.2, 0.25) is 0 Å². The van der Waals surface area contributed by atoms with Crippen LogP contribution in [-0.4, -0.2) is 43.7 Å². The molecule has 2 aromatic rings. The quantitative estimate of drug-likeness (QED) is 0.594. The maximum atomic E-state index is 13.0. The molecule has 1 saturated heterocycles. The zero-order chi connectivity index (χ0) is 17.1. The summed E-state index contributed by atoms with van der Waals surface area (Å²) in [5.74, 6) is 0.546. The molecule has 5 heteroatoms. The van der Waals surface area contributed by atoms with Crippen molar-refractivity contribution in [2.75, 3.05) is 32.8 Å². The Morgan fingerprint density at radius 2 is 1.65 bits per heavy atom. The lowest BCUT2D eigenvalue weighted by atomic mass is 9.72. The lowest BCUT2D eigenvalue weighted by Gasteiger charge is -2.30. The van der Waals surface area contributed by atoms with E-state index in [2.05, 4.69) is 4.90 Å². The Labute approximate surface area is 160 Å². The minimum absolute atomic E-state index is 0. The van der Waals surface area contributed by atoms with Gasteiger partial charge in [-0.25, -0.2) is 0 Å². The van der Waals surface area contributed by atoms with Gasteiger partial charge < -0.3 is 9.47 Å². The monoisotopic (exact) mass is 373 g/mol. The van der Waals surface area contributed by atoms with Crippen LogP contribution in [-0.2, 0) is 14.9 Å². The van der Waals surface area contributed by atoms with Crippen LogP contribution in [0.25, 0.3) is 0 Å². The van der Waals surface area contributed by atoms with Crippen LogP contribution in [0.3, 0.4) is 0 Å². The first kappa shape index (κ1) is 18.9. The molecule has 1 fully saturated rings. The van der Waals surface area contributed by atoms with Crippen LogP contribution >= 0.6 is 12.4 Å². The molecular weight excluding hydrogens is 350 g/mol. The van der Waals surface area contributed by atoms with Gasteiger partial charge in [-0.05, 0) is 31.0 Å². The Bertz CT molecular complexity index is 746. The molecule has 26 heavy (non-hydrogen) atoms. The highest BCUT2D eigenvalue weighted by molar-refractivity contribution is 5.94. The van der Waals surface area contributed by atoms with Gasteiger partial charge in [0, 0.05) is 18.7 Å². The van der Waals surface area contributed by atoms with Crippen molar-refractivity contribution in [3.05, 3.63) is 65.7 Å². The highest BCUT2D eigenvalue weighted by Crippen LogP contribution is 2.47. The summed E-state index contributed by atoms with van der Waals surface area (Å²) in [4.78, 5) is 15.4. The highest BCUT2D eigenvalue weighted by atomic mass is 35.5. The largest absolute Gasteiger partial charge is 0.425 e. The normalized spacial score (nSPS) is 22.4. The molecule has 0 saturated carbocycles. The highest BCUT2D eigenvalue weighted by Gasteiger charge is 2.49. The zero-order valence-corrected chi connectivity index (χ0v) is 15.5. The lowest BCUT2D eigenvalue weighted by Crippen LogP contribution is -2.39.